The number of Topliss-reactive ketones (excluding diaryl/α,β-unsaturated/α-hetero) is 1. The first-order chi connectivity index (χ1) is 16.4. The average Bonchev–Trinajstić information content (AvgIpc) is 2.82. The van der Waals surface area contributed by atoms with Crippen molar-refractivity contribution in [3.05, 3.63) is 93.6 Å². The van der Waals surface area contributed by atoms with E-state index in [0.29, 0.717) is 16.5 Å². The molecule has 0 aliphatic heterocycles. The first-order valence-electron chi connectivity index (χ1n) is 11.6. The molecule has 1 heterocycles. The standard InChI is InChI=1S/C29H26Cl2N2O/c1-33(2)29-20(15-27(34)25-11-5-8-18-7-3-4-9-23(18)25)17-32-28-24(10-6-12-26(28)29)19-13-21(30)16-22(31)14-19/h3-4,6-7,9-10,12-14,16-17,25H,5,8,11,15H2,1-2H3/t25-/m0/s1. The minimum atomic E-state index is -0.0457. The molecule has 1 aliphatic carbocycles. The number of halogens is 2. The minimum Gasteiger partial charge on any atom is -0.377 e. The van der Waals surface area contributed by atoms with Crippen molar-refractivity contribution in [1.82, 2.24) is 4.98 Å². The van der Waals surface area contributed by atoms with E-state index in [4.69, 9.17) is 28.2 Å². The SMILES string of the molecule is CN(C)c1c(CC(=O)[C@H]2CCCc3ccccc32)cnc2c(-c3cc(Cl)cc(Cl)c3)cccc12. The second-order valence-corrected chi connectivity index (χ2v) is 10.0. The van der Waals surface area contributed by atoms with E-state index in [1.54, 1.807) is 6.07 Å². The molecule has 172 valence electrons. The number of pyridine rings is 1. The van der Waals surface area contributed by atoms with Gasteiger partial charge in [-0.2, -0.15) is 0 Å². The van der Waals surface area contributed by atoms with Gasteiger partial charge in [0.05, 0.1) is 11.2 Å². The molecule has 0 fully saturated rings. The lowest BCUT2D eigenvalue weighted by Crippen LogP contribution is -2.21. The van der Waals surface area contributed by atoms with Gasteiger partial charge in [0, 0.05) is 59.2 Å². The van der Waals surface area contributed by atoms with E-state index in [0.717, 1.165) is 52.5 Å². The van der Waals surface area contributed by atoms with Crippen molar-refractivity contribution in [2.45, 2.75) is 31.6 Å². The number of hydrogen-bond donors (Lipinski definition) is 0. The van der Waals surface area contributed by atoms with Gasteiger partial charge in [0.1, 0.15) is 5.78 Å². The summed E-state index contributed by atoms with van der Waals surface area (Å²) in [6, 6.07) is 20.0. The van der Waals surface area contributed by atoms with Gasteiger partial charge in [-0.3, -0.25) is 9.78 Å². The molecule has 1 aliphatic rings. The number of carbonyl (C=O) groups excluding carboxylic acids is 1. The Morgan fingerprint density at radius 3 is 2.56 bits per heavy atom. The highest BCUT2D eigenvalue weighted by molar-refractivity contribution is 6.35. The molecule has 0 saturated heterocycles. The summed E-state index contributed by atoms with van der Waals surface area (Å²) in [5, 5.41) is 2.18. The maximum absolute atomic E-state index is 13.5. The van der Waals surface area contributed by atoms with E-state index in [1.165, 1.54) is 11.1 Å². The first-order valence-corrected chi connectivity index (χ1v) is 12.3. The van der Waals surface area contributed by atoms with Gasteiger partial charge in [0.15, 0.2) is 0 Å². The zero-order chi connectivity index (χ0) is 23.8. The summed E-state index contributed by atoms with van der Waals surface area (Å²) in [7, 11) is 4.03. The number of rotatable bonds is 5. The molecule has 4 aromatic rings. The second-order valence-electron chi connectivity index (χ2n) is 9.17. The molecule has 0 N–H and O–H groups in total. The number of carbonyl (C=O) groups is 1. The summed E-state index contributed by atoms with van der Waals surface area (Å²) in [4.78, 5) is 20.4. The molecular formula is C29H26Cl2N2O. The summed E-state index contributed by atoms with van der Waals surface area (Å²) >= 11 is 12.5. The van der Waals surface area contributed by atoms with Crippen LogP contribution in [0.15, 0.2) is 66.9 Å². The molecule has 0 amide bonds. The van der Waals surface area contributed by atoms with Gasteiger partial charge in [0.25, 0.3) is 0 Å². The van der Waals surface area contributed by atoms with Crippen molar-refractivity contribution in [1.29, 1.82) is 0 Å². The summed E-state index contributed by atoms with van der Waals surface area (Å²) in [6.45, 7) is 0. The molecule has 3 aromatic carbocycles. The topological polar surface area (TPSA) is 33.2 Å². The number of hydrogen-bond acceptors (Lipinski definition) is 3. The maximum atomic E-state index is 13.5. The van der Waals surface area contributed by atoms with Gasteiger partial charge in [-0.1, -0.05) is 65.7 Å². The highest BCUT2D eigenvalue weighted by Gasteiger charge is 2.27. The number of ketones is 1. The predicted molar refractivity (Wildman–Crippen MR) is 142 cm³/mol. The lowest BCUT2D eigenvalue weighted by atomic mass is 9.79. The normalized spacial score (nSPS) is 15.2. The third kappa shape index (κ3) is 4.31. The van der Waals surface area contributed by atoms with Crippen LogP contribution >= 0.6 is 23.2 Å². The molecule has 0 spiro atoms. The average molecular weight is 489 g/mol. The number of para-hydroxylation sites is 1. The fourth-order valence-corrected chi connectivity index (χ4v) is 5.78. The number of aryl methyl sites for hydroxylation is 1. The summed E-state index contributed by atoms with van der Waals surface area (Å²) in [6.07, 6.45) is 5.24. The first kappa shape index (κ1) is 22.9. The van der Waals surface area contributed by atoms with Crippen LogP contribution in [0.2, 0.25) is 10.0 Å². The van der Waals surface area contributed by atoms with Gasteiger partial charge in [-0.25, -0.2) is 0 Å². The Balaban J connectivity index is 1.57. The third-order valence-electron chi connectivity index (χ3n) is 6.69. The number of nitrogens with zero attached hydrogens (tertiary/aromatic N) is 2. The number of benzene rings is 3. The van der Waals surface area contributed by atoms with E-state index in [2.05, 4.69) is 29.2 Å². The third-order valence-corrected chi connectivity index (χ3v) is 7.12. The van der Waals surface area contributed by atoms with Crippen LogP contribution in [-0.2, 0) is 17.6 Å². The zero-order valence-electron chi connectivity index (χ0n) is 19.3. The van der Waals surface area contributed by atoms with Crippen molar-refractivity contribution >= 4 is 45.6 Å². The molecule has 0 saturated carbocycles. The minimum absolute atomic E-state index is 0.0457. The fourth-order valence-electron chi connectivity index (χ4n) is 5.25. The Morgan fingerprint density at radius 2 is 1.79 bits per heavy atom. The molecule has 1 atom stereocenters. The number of fused-ring (bicyclic) bond motifs is 2. The monoisotopic (exact) mass is 488 g/mol. The van der Waals surface area contributed by atoms with Crippen LogP contribution in [0.3, 0.4) is 0 Å². The molecular weight excluding hydrogens is 463 g/mol. The Hall–Kier alpha value is -2.88. The molecule has 0 radical (unpaired) electrons. The predicted octanol–water partition coefficient (Wildman–Crippen LogP) is 7.51. The van der Waals surface area contributed by atoms with Crippen LogP contribution in [0.25, 0.3) is 22.0 Å². The maximum Gasteiger partial charge on any atom is 0.144 e. The van der Waals surface area contributed by atoms with Crippen LogP contribution in [0.4, 0.5) is 5.69 Å². The van der Waals surface area contributed by atoms with E-state index in [-0.39, 0.29) is 11.7 Å². The lowest BCUT2D eigenvalue weighted by Gasteiger charge is -2.26. The summed E-state index contributed by atoms with van der Waals surface area (Å²) in [5.41, 5.74) is 7.22. The molecule has 5 heteroatoms. The number of aromatic nitrogens is 1. The Morgan fingerprint density at radius 1 is 1.03 bits per heavy atom. The second kappa shape index (κ2) is 9.40. The lowest BCUT2D eigenvalue weighted by molar-refractivity contribution is -0.120. The van der Waals surface area contributed by atoms with Crippen LogP contribution < -0.4 is 4.90 Å². The van der Waals surface area contributed by atoms with Crippen LogP contribution in [0.5, 0.6) is 0 Å². The largest absolute Gasteiger partial charge is 0.377 e. The van der Waals surface area contributed by atoms with Gasteiger partial charge >= 0.3 is 0 Å². The van der Waals surface area contributed by atoms with Crippen LogP contribution in [0.1, 0.15) is 35.4 Å². The molecule has 0 unspecified atom stereocenters. The van der Waals surface area contributed by atoms with E-state index in [9.17, 15) is 4.79 Å². The Labute approximate surface area is 210 Å². The molecule has 0 bridgehead atoms. The van der Waals surface area contributed by atoms with Gasteiger partial charge in [-0.15, -0.1) is 0 Å². The van der Waals surface area contributed by atoms with E-state index in [1.807, 2.05) is 50.6 Å². The van der Waals surface area contributed by atoms with Gasteiger partial charge in [-0.05, 0) is 54.2 Å². The number of anilines is 1. The summed E-state index contributed by atoms with van der Waals surface area (Å²) < 4.78 is 0. The Bertz CT molecular complexity index is 1380. The summed E-state index contributed by atoms with van der Waals surface area (Å²) in [5.74, 6) is 0.213. The van der Waals surface area contributed by atoms with E-state index >= 15 is 0 Å². The molecule has 5 rings (SSSR count). The van der Waals surface area contributed by atoms with E-state index < -0.39 is 0 Å². The fraction of sp³-hybridized carbons (Fsp3) is 0.241. The van der Waals surface area contributed by atoms with Crippen molar-refractivity contribution < 1.29 is 4.79 Å². The van der Waals surface area contributed by atoms with Crippen molar-refractivity contribution in [3.8, 4) is 11.1 Å². The highest BCUT2D eigenvalue weighted by Crippen LogP contribution is 2.38. The van der Waals surface area contributed by atoms with Crippen molar-refractivity contribution in [2.75, 3.05) is 19.0 Å². The molecule has 34 heavy (non-hydrogen) atoms. The van der Waals surface area contributed by atoms with Gasteiger partial charge < -0.3 is 4.90 Å². The van der Waals surface area contributed by atoms with Crippen molar-refractivity contribution in [2.24, 2.45) is 0 Å². The quantitative estimate of drug-likeness (QED) is 0.291. The smallest absolute Gasteiger partial charge is 0.144 e. The highest BCUT2D eigenvalue weighted by atomic mass is 35.5. The van der Waals surface area contributed by atoms with Crippen LogP contribution in [0, 0.1) is 0 Å². The van der Waals surface area contributed by atoms with Crippen LogP contribution in [-0.4, -0.2) is 24.9 Å². The Kier molecular flexibility index (Phi) is 6.33. The molecule has 3 nitrogen and oxygen atoms in total. The van der Waals surface area contributed by atoms with Gasteiger partial charge in [0.2, 0.25) is 0 Å². The zero-order valence-corrected chi connectivity index (χ0v) is 20.8. The molecule has 1 aromatic heterocycles. The van der Waals surface area contributed by atoms with Crippen molar-refractivity contribution in [3.63, 3.8) is 0 Å².